The quantitative estimate of drug-likeness (QED) is 0.331. The van der Waals surface area contributed by atoms with Crippen molar-refractivity contribution in [3.05, 3.63) is 106 Å². The van der Waals surface area contributed by atoms with Crippen molar-refractivity contribution in [2.45, 2.75) is 13.2 Å². The number of hydrogen-bond acceptors (Lipinski definition) is 4. The summed E-state index contributed by atoms with van der Waals surface area (Å²) in [4.78, 5) is 12.6. The minimum absolute atomic E-state index is 0.239. The van der Waals surface area contributed by atoms with Crippen LogP contribution in [-0.2, 0) is 13.2 Å². The largest absolute Gasteiger partial charge is 0.497 e. The first kappa shape index (κ1) is 22.7. The molecule has 0 saturated carbocycles. The highest BCUT2D eigenvalue weighted by molar-refractivity contribution is 6.42. The minimum Gasteiger partial charge on any atom is -0.497 e. The van der Waals surface area contributed by atoms with E-state index in [-0.39, 0.29) is 5.91 Å². The number of methoxy groups -OCH3 is 1. The van der Waals surface area contributed by atoms with E-state index in [9.17, 15) is 4.79 Å². The van der Waals surface area contributed by atoms with E-state index in [4.69, 9.17) is 32.7 Å². The first-order valence-corrected chi connectivity index (χ1v) is 10.9. The van der Waals surface area contributed by atoms with Gasteiger partial charge in [0.2, 0.25) is 0 Å². The molecule has 33 heavy (non-hydrogen) atoms. The molecule has 1 N–H and O–H groups in total. The van der Waals surface area contributed by atoms with Gasteiger partial charge in [-0.1, -0.05) is 41.4 Å². The van der Waals surface area contributed by atoms with Crippen molar-refractivity contribution in [3.63, 3.8) is 0 Å². The summed E-state index contributed by atoms with van der Waals surface area (Å²) in [5, 5.41) is 8.21. The van der Waals surface area contributed by atoms with E-state index in [1.54, 1.807) is 48.3 Å². The summed E-state index contributed by atoms with van der Waals surface area (Å²) >= 11 is 12.0. The Hall–Kier alpha value is -3.48. The van der Waals surface area contributed by atoms with Crippen molar-refractivity contribution in [3.8, 4) is 11.5 Å². The molecule has 0 fully saturated rings. The molecule has 168 valence electrons. The summed E-state index contributed by atoms with van der Waals surface area (Å²) in [5.41, 5.74) is 2.44. The van der Waals surface area contributed by atoms with E-state index < -0.39 is 0 Å². The van der Waals surface area contributed by atoms with Gasteiger partial charge in [0.25, 0.3) is 5.91 Å². The van der Waals surface area contributed by atoms with Gasteiger partial charge in [-0.3, -0.25) is 9.48 Å². The second kappa shape index (κ2) is 10.4. The van der Waals surface area contributed by atoms with Crippen molar-refractivity contribution in [1.82, 2.24) is 9.78 Å². The fraction of sp³-hybridized carbons (Fsp3) is 0.120. The molecular weight excluding hydrogens is 461 g/mol. The average Bonchev–Trinajstić information content (AvgIpc) is 3.27. The molecule has 1 aromatic heterocycles. The van der Waals surface area contributed by atoms with Crippen LogP contribution in [0.15, 0.2) is 79.0 Å². The van der Waals surface area contributed by atoms with Gasteiger partial charge in [-0.05, 0) is 59.7 Å². The van der Waals surface area contributed by atoms with Crippen molar-refractivity contribution >= 4 is 34.9 Å². The van der Waals surface area contributed by atoms with Gasteiger partial charge in [0.15, 0.2) is 5.82 Å². The lowest BCUT2D eigenvalue weighted by Gasteiger charge is -2.08. The van der Waals surface area contributed by atoms with E-state index >= 15 is 0 Å². The Balaban J connectivity index is 1.31. The zero-order chi connectivity index (χ0) is 23.2. The lowest BCUT2D eigenvalue weighted by molar-refractivity contribution is 0.102. The van der Waals surface area contributed by atoms with Gasteiger partial charge < -0.3 is 14.8 Å². The number of nitrogens with one attached hydrogen (secondary N) is 1. The number of halogens is 2. The number of hydrogen-bond donors (Lipinski definition) is 1. The molecule has 0 spiro atoms. The van der Waals surface area contributed by atoms with Gasteiger partial charge in [-0.25, -0.2) is 0 Å². The van der Waals surface area contributed by atoms with Crippen LogP contribution in [0.1, 0.15) is 21.5 Å². The molecule has 0 aliphatic carbocycles. The van der Waals surface area contributed by atoms with Gasteiger partial charge in [-0.15, -0.1) is 0 Å². The van der Waals surface area contributed by atoms with Crippen molar-refractivity contribution in [2.24, 2.45) is 0 Å². The lowest BCUT2D eigenvalue weighted by Crippen LogP contribution is -2.13. The van der Waals surface area contributed by atoms with Crippen LogP contribution >= 0.6 is 23.2 Å². The maximum absolute atomic E-state index is 12.6. The zero-order valence-electron chi connectivity index (χ0n) is 17.8. The summed E-state index contributed by atoms with van der Waals surface area (Å²) in [6.45, 7) is 0.906. The molecule has 0 saturated heterocycles. The Labute approximate surface area is 201 Å². The second-order valence-corrected chi connectivity index (χ2v) is 8.08. The third-order valence-corrected chi connectivity index (χ3v) is 5.63. The van der Waals surface area contributed by atoms with Crippen LogP contribution in [0, 0.1) is 0 Å². The average molecular weight is 482 g/mol. The van der Waals surface area contributed by atoms with E-state index in [1.165, 1.54) is 0 Å². The third-order valence-electron chi connectivity index (χ3n) is 4.89. The molecule has 8 heteroatoms. The molecule has 4 aromatic rings. The molecular formula is C25H21Cl2N3O3. The summed E-state index contributed by atoms with van der Waals surface area (Å²) in [6.07, 6.45) is 1.79. The summed E-state index contributed by atoms with van der Waals surface area (Å²) in [7, 11) is 1.62. The van der Waals surface area contributed by atoms with Gasteiger partial charge >= 0.3 is 0 Å². The van der Waals surface area contributed by atoms with Crippen LogP contribution in [-0.4, -0.2) is 22.8 Å². The van der Waals surface area contributed by atoms with Crippen LogP contribution in [0.25, 0.3) is 0 Å². The van der Waals surface area contributed by atoms with E-state index in [2.05, 4.69) is 10.4 Å². The topological polar surface area (TPSA) is 65.4 Å². The Morgan fingerprint density at radius 1 is 0.909 bits per heavy atom. The van der Waals surface area contributed by atoms with Crippen molar-refractivity contribution in [1.29, 1.82) is 0 Å². The standard InChI is InChI=1S/C25H21Cl2N3O3/c1-32-20-7-9-21(10-8-20)33-16-17-2-5-19(6-3-17)25(31)28-24-12-13-30(29-24)15-18-4-11-22(26)23(27)14-18/h2-14H,15-16H2,1H3,(H,28,29,31). The number of nitrogens with zero attached hydrogens (tertiary/aromatic N) is 2. The van der Waals surface area contributed by atoms with Crippen LogP contribution in [0.3, 0.4) is 0 Å². The molecule has 0 aliphatic heterocycles. The number of rotatable bonds is 8. The Morgan fingerprint density at radius 2 is 1.61 bits per heavy atom. The van der Waals surface area contributed by atoms with Crippen LogP contribution in [0.2, 0.25) is 10.0 Å². The number of carbonyl (C=O) groups excluding carboxylic acids is 1. The fourth-order valence-corrected chi connectivity index (χ4v) is 3.44. The van der Waals surface area contributed by atoms with E-state index in [0.29, 0.717) is 34.6 Å². The van der Waals surface area contributed by atoms with Crippen LogP contribution < -0.4 is 14.8 Å². The SMILES string of the molecule is COc1ccc(OCc2ccc(C(=O)Nc3ccn(Cc4ccc(Cl)c(Cl)c4)n3)cc2)cc1. The molecule has 1 amide bonds. The highest BCUT2D eigenvalue weighted by Crippen LogP contribution is 2.23. The Bertz CT molecular complexity index is 1240. The number of amides is 1. The Morgan fingerprint density at radius 3 is 2.30 bits per heavy atom. The van der Waals surface area contributed by atoms with Crippen molar-refractivity contribution < 1.29 is 14.3 Å². The van der Waals surface area contributed by atoms with Gasteiger partial charge in [0.05, 0.1) is 23.7 Å². The van der Waals surface area contributed by atoms with Gasteiger partial charge in [0.1, 0.15) is 18.1 Å². The van der Waals surface area contributed by atoms with Crippen molar-refractivity contribution in [2.75, 3.05) is 12.4 Å². The van der Waals surface area contributed by atoms with Gasteiger partial charge in [0, 0.05) is 17.8 Å². The number of ether oxygens (including phenoxy) is 2. The second-order valence-electron chi connectivity index (χ2n) is 7.26. The smallest absolute Gasteiger partial charge is 0.256 e. The molecule has 0 radical (unpaired) electrons. The molecule has 3 aromatic carbocycles. The Kier molecular flexibility index (Phi) is 7.17. The maximum atomic E-state index is 12.6. The van der Waals surface area contributed by atoms with E-state index in [0.717, 1.165) is 22.6 Å². The molecule has 0 bridgehead atoms. The summed E-state index contributed by atoms with van der Waals surface area (Å²) in [5.74, 6) is 1.75. The predicted molar refractivity (Wildman–Crippen MR) is 130 cm³/mol. The molecule has 0 atom stereocenters. The fourth-order valence-electron chi connectivity index (χ4n) is 3.12. The number of anilines is 1. The van der Waals surface area contributed by atoms with Gasteiger partial charge in [-0.2, -0.15) is 5.10 Å². The molecule has 6 nitrogen and oxygen atoms in total. The highest BCUT2D eigenvalue weighted by atomic mass is 35.5. The first-order valence-electron chi connectivity index (χ1n) is 10.1. The lowest BCUT2D eigenvalue weighted by atomic mass is 10.1. The first-order chi connectivity index (χ1) is 16.0. The molecule has 0 unspecified atom stereocenters. The third kappa shape index (κ3) is 6.06. The highest BCUT2D eigenvalue weighted by Gasteiger charge is 2.09. The van der Waals surface area contributed by atoms with E-state index in [1.807, 2.05) is 42.5 Å². The normalized spacial score (nSPS) is 10.6. The minimum atomic E-state index is -0.239. The molecule has 0 aliphatic rings. The molecule has 1 heterocycles. The molecule has 4 rings (SSSR count). The summed E-state index contributed by atoms with van der Waals surface area (Å²) < 4.78 is 12.6. The zero-order valence-corrected chi connectivity index (χ0v) is 19.3. The number of benzene rings is 3. The predicted octanol–water partition coefficient (Wildman–Crippen LogP) is 6.08. The number of aromatic nitrogens is 2. The maximum Gasteiger partial charge on any atom is 0.256 e. The summed E-state index contributed by atoms with van der Waals surface area (Å²) in [6, 6.07) is 21.8. The monoisotopic (exact) mass is 481 g/mol. The van der Waals surface area contributed by atoms with Crippen LogP contribution in [0.4, 0.5) is 5.82 Å². The van der Waals surface area contributed by atoms with Crippen LogP contribution in [0.5, 0.6) is 11.5 Å². The number of carbonyl (C=O) groups is 1.